The average Bonchev–Trinajstić information content (AvgIpc) is 2.56. The van der Waals surface area contributed by atoms with E-state index >= 15 is 0 Å². The maximum atomic E-state index is 11.4. The molecule has 0 saturated heterocycles. The van der Waals surface area contributed by atoms with Crippen LogP contribution in [0.5, 0.6) is 0 Å². The quantitative estimate of drug-likeness (QED) is 0.807. The van der Waals surface area contributed by atoms with Crippen molar-refractivity contribution >= 4 is 11.6 Å². The van der Waals surface area contributed by atoms with E-state index in [1.807, 2.05) is 6.07 Å². The van der Waals surface area contributed by atoms with Gasteiger partial charge >= 0.3 is 0 Å². The Hall–Kier alpha value is -2.30. The van der Waals surface area contributed by atoms with Gasteiger partial charge in [0, 0.05) is 40.9 Å². The average molecular weight is 298 g/mol. The van der Waals surface area contributed by atoms with Crippen LogP contribution in [0.1, 0.15) is 16.7 Å². The molecule has 104 valence electrons. The molecule has 3 rings (SSSR count). The molecule has 0 amide bonds. The summed E-state index contributed by atoms with van der Waals surface area (Å²) < 4.78 is 0. The Morgan fingerprint density at radius 1 is 0.810 bits per heavy atom. The number of hydrogen-bond donors (Lipinski definition) is 1. The van der Waals surface area contributed by atoms with E-state index in [0.717, 1.165) is 0 Å². The Bertz CT molecular complexity index is 678. The van der Waals surface area contributed by atoms with E-state index in [9.17, 15) is 5.11 Å². The van der Waals surface area contributed by atoms with Gasteiger partial charge in [-0.2, -0.15) is 0 Å². The zero-order valence-corrected chi connectivity index (χ0v) is 11.8. The SMILES string of the molecule is OC(c1ccc(Cl)cc1)(c1cccnc1)c1cncnc1. The highest BCUT2D eigenvalue weighted by Gasteiger charge is 2.34. The summed E-state index contributed by atoms with van der Waals surface area (Å²) in [5.41, 5.74) is 0.511. The Morgan fingerprint density at radius 2 is 1.48 bits per heavy atom. The summed E-state index contributed by atoms with van der Waals surface area (Å²) in [6, 6.07) is 10.6. The second-order valence-corrected chi connectivity index (χ2v) is 5.02. The van der Waals surface area contributed by atoms with E-state index in [1.165, 1.54) is 6.33 Å². The van der Waals surface area contributed by atoms with Crippen molar-refractivity contribution in [1.29, 1.82) is 0 Å². The Morgan fingerprint density at radius 3 is 2.10 bits per heavy atom. The van der Waals surface area contributed by atoms with Gasteiger partial charge in [-0.3, -0.25) is 4.98 Å². The molecule has 1 N–H and O–H groups in total. The third kappa shape index (κ3) is 2.51. The number of aromatic nitrogens is 3. The summed E-state index contributed by atoms with van der Waals surface area (Å²) in [7, 11) is 0. The number of benzene rings is 1. The molecular weight excluding hydrogens is 286 g/mol. The van der Waals surface area contributed by atoms with Gasteiger partial charge in [0.05, 0.1) is 0 Å². The van der Waals surface area contributed by atoms with Crippen LogP contribution in [0, 0.1) is 0 Å². The molecule has 4 nitrogen and oxygen atoms in total. The van der Waals surface area contributed by atoms with Crippen molar-refractivity contribution < 1.29 is 5.11 Å². The van der Waals surface area contributed by atoms with Gasteiger partial charge in [-0.1, -0.05) is 29.8 Å². The fourth-order valence-corrected chi connectivity index (χ4v) is 2.38. The Labute approximate surface area is 127 Å². The zero-order chi connectivity index (χ0) is 14.7. The lowest BCUT2D eigenvalue weighted by atomic mass is 9.82. The summed E-state index contributed by atoms with van der Waals surface area (Å²) in [6.45, 7) is 0. The number of halogens is 1. The minimum absolute atomic E-state index is 0.570. The molecule has 1 unspecified atom stereocenters. The van der Waals surface area contributed by atoms with E-state index < -0.39 is 5.60 Å². The van der Waals surface area contributed by atoms with Gasteiger partial charge in [-0.25, -0.2) is 9.97 Å². The molecule has 0 aliphatic heterocycles. The maximum absolute atomic E-state index is 11.4. The standard InChI is InChI=1S/C16H12ClN3O/c17-15-5-3-12(4-6-15)16(21,13-2-1-7-18-8-13)14-9-19-11-20-10-14/h1-11,21H. The molecule has 0 bridgehead atoms. The maximum Gasteiger partial charge on any atom is 0.145 e. The van der Waals surface area contributed by atoms with Gasteiger partial charge in [-0.15, -0.1) is 0 Å². The monoisotopic (exact) mass is 297 g/mol. The fraction of sp³-hybridized carbons (Fsp3) is 0.0625. The van der Waals surface area contributed by atoms with Crippen LogP contribution in [0.4, 0.5) is 0 Å². The molecule has 2 heterocycles. The van der Waals surface area contributed by atoms with Crippen molar-refractivity contribution in [3.8, 4) is 0 Å². The first-order chi connectivity index (χ1) is 10.2. The van der Waals surface area contributed by atoms with E-state index in [1.54, 1.807) is 55.1 Å². The number of nitrogens with zero attached hydrogens (tertiary/aromatic N) is 3. The van der Waals surface area contributed by atoms with E-state index in [2.05, 4.69) is 15.0 Å². The van der Waals surface area contributed by atoms with Crippen LogP contribution in [0.15, 0.2) is 67.5 Å². The van der Waals surface area contributed by atoms with Crippen molar-refractivity contribution in [3.05, 3.63) is 89.2 Å². The molecule has 5 heteroatoms. The highest BCUT2D eigenvalue weighted by atomic mass is 35.5. The van der Waals surface area contributed by atoms with Crippen molar-refractivity contribution in [2.24, 2.45) is 0 Å². The lowest BCUT2D eigenvalue weighted by molar-refractivity contribution is 0.124. The molecule has 0 fully saturated rings. The molecule has 0 spiro atoms. The van der Waals surface area contributed by atoms with Gasteiger partial charge < -0.3 is 5.11 Å². The molecule has 2 aromatic heterocycles. The molecule has 1 aromatic carbocycles. The zero-order valence-electron chi connectivity index (χ0n) is 11.0. The minimum Gasteiger partial charge on any atom is -0.376 e. The van der Waals surface area contributed by atoms with Crippen LogP contribution in [-0.2, 0) is 5.60 Å². The van der Waals surface area contributed by atoms with Crippen molar-refractivity contribution in [1.82, 2.24) is 15.0 Å². The van der Waals surface area contributed by atoms with Gasteiger partial charge in [0.25, 0.3) is 0 Å². The highest BCUT2D eigenvalue weighted by molar-refractivity contribution is 6.30. The first kappa shape index (κ1) is 13.7. The van der Waals surface area contributed by atoms with Crippen molar-refractivity contribution in [2.75, 3.05) is 0 Å². The topological polar surface area (TPSA) is 58.9 Å². The summed E-state index contributed by atoms with van der Waals surface area (Å²) in [5.74, 6) is 0. The van der Waals surface area contributed by atoms with Crippen LogP contribution >= 0.6 is 11.6 Å². The fourth-order valence-electron chi connectivity index (χ4n) is 2.25. The largest absolute Gasteiger partial charge is 0.376 e. The second kappa shape index (κ2) is 5.60. The smallest absolute Gasteiger partial charge is 0.145 e. The molecule has 0 aliphatic carbocycles. The lowest BCUT2D eigenvalue weighted by Crippen LogP contribution is -2.29. The van der Waals surface area contributed by atoms with Crippen molar-refractivity contribution in [3.63, 3.8) is 0 Å². The van der Waals surface area contributed by atoms with E-state index in [-0.39, 0.29) is 0 Å². The Kier molecular flexibility index (Phi) is 3.64. The summed E-state index contributed by atoms with van der Waals surface area (Å²) in [4.78, 5) is 12.1. The molecule has 1 atom stereocenters. The number of aliphatic hydroxyl groups is 1. The van der Waals surface area contributed by atoms with Gasteiger partial charge in [0.1, 0.15) is 11.9 Å². The molecule has 0 radical (unpaired) electrons. The molecule has 3 aromatic rings. The first-order valence-corrected chi connectivity index (χ1v) is 6.73. The minimum atomic E-state index is -1.37. The Balaban J connectivity index is 2.23. The normalized spacial score (nSPS) is 13.6. The van der Waals surface area contributed by atoms with Crippen LogP contribution in [-0.4, -0.2) is 20.1 Å². The third-order valence-corrected chi connectivity index (χ3v) is 3.57. The van der Waals surface area contributed by atoms with Gasteiger partial charge in [0.15, 0.2) is 0 Å². The predicted octanol–water partition coefficient (Wildman–Crippen LogP) is 2.81. The highest BCUT2D eigenvalue weighted by Crippen LogP contribution is 2.35. The van der Waals surface area contributed by atoms with Crippen LogP contribution in [0.2, 0.25) is 5.02 Å². The van der Waals surface area contributed by atoms with Crippen LogP contribution in [0.3, 0.4) is 0 Å². The molecule has 0 saturated carbocycles. The van der Waals surface area contributed by atoms with Gasteiger partial charge in [0.2, 0.25) is 0 Å². The number of rotatable bonds is 3. The molecule has 21 heavy (non-hydrogen) atoms. The third-order valence-electron chi connectivity index (χ3n) is 3.32. The summed E-state index contributed by atoms with van der Waals surface area (Å²) >= 11 is 5.94. The molecular formula is C16H12ClN3O. The lowest BCUT2D eigenvalue weighted by Gasteiger charge is -2.29. The van der Waals surface area contributed by atoms with Crippen molar-refractivity contribution in [2.45, 2.75) is 5.60 Å². The predicted molar refractivity (Wildman–Crippen MR) is 79.8 cm³/mol. The van der Waals surface area contributed by atoms with Crippen LogP contribution < -0.4 is 0 Å². The number of pyridine rings is 1. The van der Waals surface area contributed by atoms with Gasteiger partial charge in [-0.05, 0) is 23.8 Å². The molecule has 0 aliphatic rings. The van der Waals surface area contributed by atoms with Crippen LogP contribution in [0.25, 0.3) is 0 Å². The first-order valence-electron chi connectivity index (χ1n) is 6.35. The van der Waals surface area contributed by atoms with E-state index in [0.29, 0.717) is 21.7 Å². The second-order valence-electron chi connectivity index (χ2n) is 4.59. The summed E-state index contributed by atoms with van der Waals surface area (Å²) in [6.07, 6.45) is 7.90. The number of hydrogen-bond acceptors (Lipinski definition) is 4. The van der Waals surface area contributed by atoms with E-state index in [4.69, 9.17) is 11.6 Å². The summed E-state index contributed by atoms with van der Waals surface area (Å²) in [5, 5.41) is 12.0.